The number of para-hydroxylation sites is 1. The molecule has 0 saturated carbocycles. The van der Waals surface area contributed by atoms with E-state index in [-0.39, 0.29) is 24.5 Å². The first-order chi connectivity index (χ1) is 13.7. The van der Waals surface area contributed by atoms with E-state index in [1.54, 1.807) is 43.3 Å². The lowest BCUT2D eigenvalue weighted by atomic mass is 10.1. The van der Waals surface area contributed by atoms with Crippen molar-refractivity contribution in [1.82, 2.24) is 0 Å². The Morgan fingerprint density at radius 3 is 2.14 bits per heavy atom. The fraction of sp³-hybridized carbons (Fsp3) is 0.130. The molecule has 3 aromatic rings. The second-order valence-corrected chi connectivity index (χ2v) is 5.87. The van der Waals surface area contributed by atoms with Crippen molar-refractivity contribution in [3.63, 3.8) is 0 Å². The van der Waals surface area contributed by atoms with Crippen LogP contribution in [0, 0.1) is 0 Å². The molecule has 0 aromatic heterocycles. The van der Waals surface area contributed by atoms with Gasteiger partial charge in [-0.05, 0) is 42.3 Å². The van der Waals surface area contributed by atoms with Gasteiger partial charge in [-0.15, -0.1) is 0 Å². The van der Waals surface area contributed by atoms with Gasteiger partial charge in [0.05, 0.1) is 6.61 Å². The second kappa shape index (κ2) is 9.37. The Balaban J connectivity index is 1.59. The molecule has 0 atom stereocenters. The highest BCUT2D eigenvalue weighted by atomic mass is 16.6. The number of esters is 2. The van der Waals surface area contributed by atoms with Crippen LogP contribution in [-0.2, 0) is 9.53 Å². The van der Waals surface area contributed by atoms with E-state index in [9.17, 15) is 9.59 Å². The van der Waals surface area contributed by atoms with E-state index >= 15 is 0 Å². The quantitative estimate of drug-likeness (QED) is 0.448. The SMILES string of the molecule is CCOC(=O)c1ccccc1OC(=O)COc1ccc(-c2ccccc2)cc1. The van der Waals surface area contributed by atoms with Crippen LogP contribution in [-0.4, -0.2) is 25.2 Å². The number of ether oxygens (including phenoxy) is 3. The van der Waals surface area contributed by atoms with E-state index in [0.29, 0.717) is 5.75 Å². The van der Waals surface area contributed by atoms with Crippen LogP contribution >= 0.6 is 0 Å². The van der Waals surface area contributed by atoms with Gasteiger partial charge in [-0.1, -0.05) is 54.6 Å². The van der Waals surface area contributed by atoms with Crippen molar-refractivity contribution < 1.29 is 23.8 Å². The lowest BCUT2D eigenvalue weighted by Gasteiger charge is -2.10. The lowest BCUT2D eigenvalue weighted by molar-refractivity contribution is -0.136. The molecule has 5 nitrogen and oxygen atoms in total. The standard InChI is InChI=1S/C23H20O5/c1-2-26-23(25)20-10-6-7-11-21(20)28-22(24)16-27-19-14-12-18(13-15-19)17-8-4-3-5-9-17/h3-15H,2,16H2,1H3. The Hall–Kier alpha value is -3.60. The average Bonchev–Trinajstić information content (AvgIpc) is 2.74. The van der Waals surface area contributed by atoms with Crippen LogP contribution in [0.2, 0.25) is 0 Å². The topological polar surface area (TPSA) is 61.8 Å². The second-order valence-electron chi connectivity index (χ2n) is 5.87. The summed E-state index contributed by atoms with van der Waals surface area (Å²) in [5.74, 6) is -0.448. The van der Waals surface area contributed by atoms with Gasteiger partial charge in [0.2, 0.25) is 0 Å². The molecule has 0 saturated heterocycles. The van der Waals surface area contributed by atoms with Crippen molar-refractivity contribution in [3.05, 3.63) is 84.4 Å². The van der Waals surface area contributed by atoms with E-state index < -0.39 is 11.9 Å². The van der Waals surface area contributed by atoms with Crippen LogP contribution in [0.25, 0.3) is 11.1 Å². The summed E-state index contributed by atoms with van der Waals surface area (Å²) in [6, 6.07) is 23.8. The van der Waals surface area contributed by atoms with Crippen LogP contribution in [0.4, 0.5) is 0 Å². The Labute approximate surface area is 163 Å². The third-order valence-electron chi connectivity index (χ3n) is 3.92. The van der Waals surface area contributed by atoms with Gasteiger partial charge in [-0.3, -0.25) is 0 Å². The fourth-order valence-electron chi connectivity index (χ4n) is 2.60. The predicted octanol–water partition coefficient (Wildman–Crippen LogP) is 4.51. The highest BCUT2D eigenvalue weighted by Gasteiger charge is 2.16. The minimum absolute atomic E-state index is 0.147. The first-order valence-electron chi connectivity index (χ1n) is 8.92. The van der Waals surface area contributed by atoms with Crippen molar-refractivity contribution >= 4 is 11.9 Å². The summed E-state index contributed by atoms with van der Waals surface area (Å²) in [7, 11) is 0. The molecule has 28 heavy (non-hydrogen) atoms. The van der Waals surface area contributed by atoms with Crippen molar-refractivity contribution in [2.45, 2.75) is 6.92 Å². The molecule has 0 heterocycles. The lowest BCUT2D eigenvalue weighted by Crippen LogP contribution is -2.19. The molecule has 0 radical (unpaired) electrons. The van der Waals surface area contributed by atoms with Gasteiger partial charge in [0.15, 0.2) is 6.61 Å². The van der Waals surface area contributed by atoms with Crippen LogP contribution < -0.4 is 9.47 Å². The van der Waals surface area contributed by atoms with E-state index in [0.717, 1.165) is 11.1 Å². The van der Waals surface area contributed by atoms with E-state index in [4.69, 9.17) is 14.2 Å². The minimum Gasteiger partial charge on any atom is -0.482 e. The smallest absolute Gasteiger partial charge is 0.349 e. The maximum atomic E-state index is 12.1. The van der Waals surface area contributed by atoms with Crippen LogP contribution in [0.3, 0.4) is 0 Å². The summed E-state index contributed by atoms with van der Waals surface area (Å²) in [5.41, 5.74) is 2.35. The molecule has 0 spiro atoms. The summed E-state index contributed by atoms with van der Waals surface area (Å²) < 4.78 is 15.7. The summed E-state index contributed by atoms with van der Waals surface area (Å²) >= 11 is 0. The van der Waals surface area contributed by atoms with Gasteiger partial charge < -0.3 is 14.2 Å². The Kier molecular flexibility index (Phi) is 6.41. The maximum absolute atomic E-state index is 12.1. The molecule has 142 valence electrons. The van der Waals surface area contributed by atoms with Crippen molar-refractivity contribution in [2.24, 2.45) is 0 Å². The number of benzene rings is 3. The van der Waals surface area contributed by atoms with Crippen LogP contribution in [0.1, 0.15) is 17.3 Å². The highest BCUT2D eigenvalue weighted by Crippen LogP contribution is 2.22. The molecular formula is C23H20O5. The number of carbonyl (C=O) groups is 2. The van der Waals surface area contributed by atoms with Crippen LogP contribution in [0.5, 0.6) is 11.5 Å². The van der Waals surface area contributed by atoms with Gasteiger partial charge in [0.1, 0.15) is 17.1 Å². The number of carbonyl (C=O) groups excluding carboxylic acids is 2. The molecule has 0 aliphatic carbocycles. The maximum Gasteiger partial charge on any atom is 0.349 e. The van der Waals surface area contributed by atoms with Gasteiger partial charge in [0.25, 0.3) is 0 Å². The Morgan fingerprint density at radius 1 is 0.786 bits per heavy atom. The molecule has 0 unspecified atom stereocenters. The summed E-state index contributed by atoms with van der Waals surface area (Å²) in [6.07, 6.45) is 0. The van der Waals surface area contributed by atoms with Crippen molar-refractivity contribution in [2.75, 3.05) is 13.2 Å². The Bertz CT molecular complexity index is 933. The predicted molar refractivity (Wildman–Crippen MR) is 105 cm³/mol. The van der Waals surface area contributed by atoms with Crippen molar-refractivity contribution in [3.8, 4) is 22.6 Å². The first-order valence-corrected chi connectivity index (χ1v) is 8.92. The number of hydrogen-bond acceptors (Lipinski definition) is 5. The van der Waals surface area contributed by atoms with E-state index in [2.05, 4.69) is 0 Å². The third kappa shape index (κ3) is 4.98. The zero-order chi connectivity index (χ0) is 19.8. The molecule has 3 rings (SSSR count). The highest BCUT2D eigenvalue weighted by molar-refractivity contribution is 5.93. The normalized spacial score (nSPS) is 10.2. The van der Waals surface area contributed by atoms with Gasteiger partial charge in [0, 0.05) is 0 Å². The van der Waals surface area contributed by atoms with E-state index in [1.807, 2.05) is 42.5 Å². The number of hydrogen-bond donors (Lipinski definition) is 0. The molecular weight excluding hydrogens is 356 g/mol. The molecule has 3 aromatic carbocycles. The minimum atomic E-state index is -0.608. The molecule has 0 amide bonds. The average molecular weight is 376 g/mol. The third-order valence-corrected chi connectivity index (χ3v) is 3.92. The molecule has 0 aliphatic rings. The van der Waals surface area contributed by atoms with Crippen molar-refractivity contribution in [1.29, 1.82) is 0 Å². The Morgan fingerprint density at radius 2 is 1.43 bits per heavy atom. The molecule has 0 fully saturated rings. The molecule has 0 bridgehead atoms. The fourth-order valence-corrected chi connectivity index (χ4v) is 2.60. The molecule has 0 N–H and O–H groups in total. The summed E-state index contributed by atoms with van der Waals surface area (Å²) in [5, 5.41) is 0. The largest absolute Gasteiger partial charge is 0.482 e. The van der Waals surface area contributed by atoms with Crippen LogP contribution in [0.15, 0.2) is 78.9 Å². The molecule has 5 heteroatoms. The monoisotopic (exact) mass is 376 g/mol. The zero-order valence-electron chi connectivity index (χ0n) is 15.5. The zero-order valence-corrected chi connectivity index (χ0v) is 15.5. The summed E-state index contributed by atoms with van der Waals surface area (Å²) in [6.45, 7) is 1.68. The first kappa shape index (κ1) is 19.2. The van der Waals surface area contributed by atoms with Gasteiger partial charge >= 0.3 is 11.9 Å². The van der Waals surface area contributed by atoms with Gasteiger partial charge in [-0.25, -0.2) is 9.59 Å². The number of rotatable bonds is 7. The van der Waals surface area contributed by atoms with E-state index in [1.165, 1.54) is 0 Å². The summed E-state index contributed by atoms with van der Waals surface area (Å²) in [4.78, 5) is 24.0. The van der Waals surface area contributed by atoms with Gasteiger partial charge in [-0.2, -0.15) is 0 Å². The molecule has 0 aliphatic heterocycles.